The largest absolute Gasteiger partial charge is 0.486 e. The summed E-state index contributed by atoms with van der Waals surface area (Å²) in [6.07, 6.45) is 1.72. The fourth-order valence-corrected chi connectivity index (χ4v) is 4.25. The first-order valence-electron chi connectivity index (χ1n) is 11.4. The van der Waals surface area contributed by atoms with E-state index in [-0.39, 0.29) is 37.2 Å². The van der Waals surface area contributed by atoms with Crippen LogP contribution in [0.3, 0.4) is 0 Å². The number of amides is 1. The molecule has 7 heteroatoms. The van der Waals surface area contributed by atoms with Gasteiger partial charge in [-0.15, -0.1) is 0 Å². The summed E-state index contributed by atoms with van der Waals surface area (Å²) in [5.74, 6) is 0.513. The molecule has 0 aliphatic carbocycles. The molecular formula is C26H29NO6. The number of fused-ring (bicyclic) bond motifs is 1. The van der Waals surface area contributed by atoms with Gasteiger partial charge in [-0.3, -0.25) is 14.4 Å². The number of carbonyl (C=O) groups excluding carboxylic acids is 3. The maximum Gasteiger partial charge on any atom is 0.306 e. The molecule has 33 heavy (non-hydrogen) atoms. The molecule has 2 aliphatic rings. The van der Waals surface area contributed by atoms with Gasteiger partial charge in [0.15, 0.2) is 23.9 Å². The van der Waals surface area contributed by atoms with Crippen molar-refractivity contribution in [2.24, 2.45) is 0 Å². The normalized spacial score (nSPS) is 17.0. The predicted molar refractivity (Wildman–Crippen MR) is 122 cm³/mol. The maximum atomic E-state index is 12.8. The molecule has 1 fully saturated rings. The van der Waals surface area contributed by atoms with E-state index in [0.29, 0.717) is 36.8 Å². The Morgan fingerprint density at radius 1 is 0.970 bits per heavy atom. The average molecular weight is 452 g/mol. The van der Waals surface area contributed by atoms with Gasteiger partial charge in [0.1, 0.15) is 13.2 Å². The highest BCUT2D eigenvalue weighted by Crippen LogP contribution is 2.38. The topological polar surface area (TPSA) is 82.1 Å². The van der Waals surface area contributed by atoms with Gasteiger partial charge in [0, 0.05) is 18.5 Å². The molecule has 0 aromatic heterocycles. The number of likely N-dealkylation sites (tertiary alicyclic amines) is 1. The van der Waals surface area contributed by atoms with E-state index in [1.807, 2.05) is 44.2 Å². The van der Waals surface area contributed by atoms with Crippen LogP contribution in [0, 0.1) is 13.8 Å². The van der Waals surface area contributed by atoms with Gasteiger partial charge in [0.2, 0.25) is 0 Å². The lowest BCUT2D eigenvalue weighted by Gasteiger charge is -2.26. The monoisotopic (exact) mass is 451 g/mol. The average Bonchev–Trinajstić information content (AvgIpc) is 3.32. The molecule has 2 heterocycles. The van der Waals surface area contributed by atoms with Crippen LogP contribution in [0.15, 0.2) is 36.4 Å². The zero-order valence-electron chi connectivity index (χ0n) is 19.1. The van der Waals surface area contributed by atoms with Gasteiger partial charge in [-0.1, -0.05) is 18.2 Å². The molecule has 2 aromatic rings. The molecule has 4 rings (SSSR count). The molecule has 0 saturated carbocycles. The fraction of sp³-hybridized carbons (Fsp3) is 0.423. The summed E-state index contributed by atoms with van der Waals surface area (Å²) in [5.41, 5.74) is 3.71. The van der Waals surface area contributed by atoms with Gasteiger partial charge in [0.05, 0.1) is 12.5 Å². The van der Waals surface area contributed by atoms with Crippen molar-refractivity contribution in [1.82, 2.24) is 4.90 Å². The van der Waals surface area contributed by atoms with Crippen molar-refractivity contribution >= 4 is 17.7 Å². The number of hydrogen-bond donors (Lipinski definition) is 0. The van der Waals surface area contributed by atoms with Crippen molar-refractivity contribution in [3.8, 4) is 11.5 Å². The Morgan fingerprint density at radius 3 is 2.55 bits per heavy atom. The minimum atomic E-state index is -0.546. The quantitative estimate of drug-likeness (QED) is 0.468. The predicted octanol–water partition coefficient (Wildman–Crippen LogP) is 3.94. The van der Waals surface area contributed by atoms with Crippen LogP contribution in [0.2, 0.25) is 0 Å². The number of esters is 1. The Morgan fingerprint density at radius 2 is 1.76 bits per heavy atom. The van der Waals surface area contributed by atoms with Crippen LogP contribution < -0.4 is 9.47 Å². The summed E-state index contributed by atoms with van der Waals surface area (Å²) < 4.78 is 16.4. The van der Waals surface area contributed by atoms with Crippen LogP contribution in [0.1, 0.15) is 58.8 Å². The molecule has 1 saturated heterocycles. The molecule has 1 atom stereocenters. The van der Waals surface area contributed by atoms with Gasteiger partial charge in [-0.25, -0.2) is 0 Å². The van der Waals surface area contributed by atoms with Gasteiger partial charge in [-0.2, -0.15) is 0 Å². The molecule has 0 bridgehead atoms. The van der Waals surface area contributed by atoms with Crippen molar-refractivity contribution in [2.75, 3.05) is 26.4 Å². The highest BCUT2D eigenvalue weighted by atomic mass is 16.6. The minimum Gasteiger partial charge on any atom is -0.486 e. The first kappa shape index (κ1) is 22.8. The van der Waals surface area contributed by atoms with E-state index in [2.05, 4.69) is 0 Å². The molecule has 0 spiro atoms. The van der Waals surface area contributed by atoms with Crippen LogP contribution in [-0.4, -0.2) is 48.9 Å². The molecule has 0 radical (unpaired) electrons. The van der Waals surface area contributed by atoms with E-state index in [1.54, 1.807) is 11.0 Å². The Kier molecular flexibility index (Phi) is 6.96. The zero-order valence-corrected chi connectivity index (χ0v) is 19.1. The van der Waals surface area contributed by atoms with Crippen molar-refractivity contribution in [3.63, 3.8) is 0 Å². The Bertz CT molecular complexity index is 1060. The summed E-state index contributed by atoms with van der Waals surface area (Å²) in [5, 5.41) is 0. The molecular weight excluding hydrogens is 422 g/mol. The number of aryl methyl sites for hydroxylation is 2. The van der Waals surface area contributed by atoms with E-state index in [0.717, 1.165) is 29.5 Å². The second kappa shape index (κ2) is 10.1. The van der Waals surface area contributed by atoms with Crippen molar-refractivity contribution in [2.45, 2.75) is 45.6 Å². The number of nitrogens with zero attached hydrogens (tertiary/aromatic N) is 1. The van der Waals surface area contributed by atoms with Crippen LogP contribution >= 0.6 is 0 Å². The minimum absolute atomic E-state index is 0.0510. The molecule has 1 unspecified atom stereocenters. The fourth-order valence-electron chi connectivity index (χ4n) is 4.25. The number of benzene rings is 2. The van der Waals surface area contributed by atoms with Crippen LogP contribution in [0.5, 0.6) is 11.5 Å². The number of ether oxygens (including phenoxy) is 3. The first-order chi connectivity index (χ1) is 15.9. The third kappa shape index (κ3) is 5.35. The highest BCUT2D eigenvalue weighted by Gasteiger charge is 2.31. The van der Waals surface area contributed by atoms with E-state index < -0.39 is 5.97 Å². The maximum absolute atomic E-state index is 12.8. The van der Waals surface area contributed by atoms with Crippen molar-refractivity contribution < 1.29 is 28.6 Å². The molecule has 7 nitrogen and oxygen atoms in total. The summed E-state index contributed by atoms with van der Waals surface area (Å²) in [4.78, 5) is 39.0. The van der Waals surface area contributed by atoms with Crippen LogP contribution in [-0.2, 0) is 14.3 Å². The molecule has 0 N–H and O–H groups in total. The lowest BCUT2D eigenvalue weighted by molar-refractivity contribution is -0.152. The van der Waals surface area contributed by atoms with Crippen molar-refractivity contribution in [3.05, 3.63) is 58.7 Å². The SMILES string of the molecule is Cc1ccc(C(=O)CCC(=O)OCC(=O)N2CCCC2c2ccc3c(c2)OCCO3)cc1C. The molecule has 174 valence electrons. The molecule has 2 aliphatic heterocycles. The lowest BCUT2D eigenvalue weighted by Crippen LogP contribution is -2.34. The number of carbonyl (C=O) groups is 3. The Labute approximate surface area is 193 Å². The third-order valence-corrected chi connectivity index (χ3v) is 6.27. The Hall–Kier alpha value is -3.35. The highest BCUT2D eigenvalue weighted by molar-refractivity contribution is 5.97. The smallest absolute Gasteiger partial charge is 0.306 e. The number of Topliss-reactive ketones (excluding diaryl/α,β-unsaturated/α-hetero) is 1. The second-order valence-corrected chi connectivity index (χ2v) is 8.53. The standard InChI is InChI=1S/C26H29NO6/c1-17-5-6-20(14-18(17)2)22(28)8-10-26(30)33-16-25(29)27-11-3-4-21(27)19-7-9-23-24(15-19)32-13-12-31-23/h5-7,9,14-15,21H,3-4,8,10-13,16H2,1-2H3. The summed E-state index contributed by atoms with van der Waals surface area (Å²) in [7, 11) is 0. The van der Waals surface area contributed by atoms with Crippen LogP contribution in [0.25, 0.3) is 0 Å². The van der Waals surface area contributed by atoms with E-state index in [1.165, 1.54) is 0 Å². The summed E-state index contributed by atoms with van der Waals surface area (Å²) >= 11 is 0. The lowest BCUT2D eigenvalue weighted by atomic mass is 10.0. The Balaban J connectivity index is 1.28. The number of ketones is 1. The number of hydrogen-bond acceptors (Lipinski definition) is 6. The second-order valence-electron chi connectivity index (χ2n) is 8.53. The first-order valence-corrected chi connectivity index (χ1v) is 11.4. The van der Waals surface area contributed by atoms with Gasteiger partial charge < -0.3 is 19.1 Å². The van der Waals surface area contributed by atoms with Gasteiger partial charge >= 0.3 is 5.97 Å². The third-order valence-electron chi connectivity index (χ3n) is 6.27. The number of rotatable bonds is 7. The van der Waals surface area contributed by atoms with E-state index in [4.69, 9.17) is 14.2 Å². The zero-order chi connectivity index (χ0) is 23.4. The molecule has 2 aromatic carbocycles. The van der Waals surface area contributed by atoms with Gasteiger partial charge in [0.25, 0.3) is 5.91 Å². The summed E-state index contributed by atoms with van der Waals surface area (Å²) in [6.45, 7) is 5.26. The van der Waals surface area contributed by atoms with E-state index >= 15 is 0 Å². The molecule has 1 amide bonds. The summed E-state index contributed by atoms with van der Waals surface area (Å²) in [6, 6.07) is 11.2. The van der Waals surface area contributed by atoms with E-state index in [9.17, 15) is 14.4 Å². The van der Waals surface area contributed by atoms with Crippen LogP contribution in [0.4, 0.5) is 0 Å². The van der Waals surface area contributed by atoms with Gasteiger partial charge in [-0.05, 0) is 61.6 Å². The van der Waals surface area contributed by atoms with Crippen molar-refractivity contribution in [1.29, 1.82) is 0 Å².